The summed E-state index contributed by atoms with van der Waals surface area (Å²) in [6.07, 6.45) is 1.83. The van der Waals surface area contributed by atoms with Gasteiger partial charge in [0.15, 0.2) is 0 Å². The molecule has 3 rings (SSSR count). The quantitative estimate of drug-likeness (QED) is 0.792. The lowest BCUT2D eigenvalue weighted by Crippen LogP contribution is -2.04. The van der Waals surface area contributed by atoms with Gasteiger partial charge in [0.1, 0.15) is 11.4 Å². The highest BCUT2D eigenvalue weighted by molar-refractivity contribution is 5.73. The van der Waals surface area contributed by atoms with Crippen LogP contribution in [0.5, 0.6) is 5.75 Å². The van der Waals surface area contributed by atoms with Crippen molar-refractivity contribution in [3.63, 3.8) is 0 Å². The topological polar surface area (TPSA) is 61.3 Å². The highest BCUT2D eigenvalue weighted by Gasteiger charge is 2.22. The van der Waals surface area contributed by atoms with Crippen LogP contribution < -0.4 is 10.5 Å². The number of nitrogen functional groups attached to an aromatic ring is 1. The molecule has 0 unspecified atom stereocenters. The van der Waals surface area contributed by atoms with Gasteiger partial charge in [-0.1, -0.05) is 5.16 Å². The second-order valence-electron chi connectivity index (χ2n) is 3.90. The molecule has 82 valence electrons. The number of methoxy groups -OCH3 is 1. The van der Waals surface area contributed by atoms with E-state index in [4.69, 9.17) is 15.0 Å². The van der Waals surface area contributed by atoms with Gasteiger partial charge >= 0.3 is 0 Å². The summed E-state index contributed by atoms with van der Waals surface area (Å²) in [6, 6.07) is 5.98. The number of aromatic nitrogens is 1. The summed E-state index contributed by atoms with van der Waals surface area (Å²) in [5.41, 5.74) is 9.96. The molecule has 0 spiro atoms. The van der Waals surface area contributed by atoms with E-state index in [0.29, 0.717) is 5.88 Å². The van der Waals surface area contributed by atoms with Gasteiger partial charge in [-0.25, -0.2) is 0 Å². The Morgan fingerprint density at radius 3 is 3.06 bits per heavy atom. The van der Waals surface area contributed by atoms with E-state index in [9.17, 15) is 0 Å². The van der Waals surface area contributed by atoms with Crippen LogP contribution in [0.1, 0.15) is 11.1 Å². The van der Waals surface area contributed by atoms with Crippen LogP contribution in [0.3, 0.4) is 0 Å². The van der Waals surface area contributed by atoms with Crippen molar-refractivity contribution in [3.05, 3.63) is 29.3 Å². The largest absolute Gasteiger partial charge is 0.497 e. The van der Waals surface area contributed by atoms with E-state index in [0.717, 1.165) is 35.4 Å². The number of nitrogens with two attached hydrogens (primary N) is 1. The summed E-state index contributed by atoms with van der Waals surface area (Å²) in [5, 5.41) is 4.01. The van der Waals surface area contributed by atoms with E-state index in [-0.39, 0.29) is 0 Å². The lowest BCUT2D eigenvalue weighted by Gasteiger charge is -2.15. The van der Waals surface area contributed by atoms with Crippen LogP contribution >= 0.6 is 0 Å². The van der Waals surface area contributed by atoms with E-state index in [2.05, 4.69) is 5.16 Å². The van der Waals surface area contributed by atoms with Gasteiger partial charge in [-0.15, -0.1) is 0 Å². The van der Waals surface area contributed by atoms with Crippen molar-refractivity contribution < 1.29 is 9.26 Å². The Balaban J connectivity index is 2.18. The Morgan fingerprint density at radius 2 is 2.25 bits per heavy atom. The van der Waals surface area contributed by atoms with Crippen LogP contribution in [-0.2, 0) is 12.8 Å². The molecule has 0 saturated heterocycles. The molecule has 0 amide bonds. The number of benzene rings is 1. The zero-order chi connectivity index (χ0) is 11.1. The Bertz CT molecular complexity index is 546. The molecule has 16 heavy (non-hydrogen) atoms. The molecule has 1 aliphatic carbocycles. The van der Waals surface area contributed by atoms with Crippen LogP contribution in [0.4, 0.5) is 5.88 Å². The summed E-state index contributed by atoms with van der Waals surface area (Å²) in [5.74, 6) is 1.31. The maximum Gasteiger partial charge on any atom is 0.225 e. The fourth-order valence-corrected chi connectivity index (χ4v) is 2.17. The van der Waals surface area contributed by atoms with Crippen LogP contribution in [-0.4, -0.2) is 12.3 Å². The van der Waals surface area contributed by atoms with Crippen molar-refractivity contribution in [1.29, 1.82) is 0 Å². The van der Waals surface area contributed by atoms with Gasteiger partial charge in [0.2, 0.25) is 5.88 Å². The number of rotatable bonds is 1. The SMILES string of the molecule is COc1ccc2c(c1)CCc1c-2noc1N. The van der Waals surface area contributed by atoms with Crippen molar-refractivity contribution in [2.75, 3.05) is 12.8 Å². The van der Waals surface area contributed by atoms with Gasteiger partial charge in [0.25, 0.3) is 0 Å². The summed E-state index contributed by atoms with van der Waals surface area (Å²) < 4.78 is 10.2. The standard InChI is InChI=1S/C12H12N2O2/c1-15-8-3-5-9-7(6-8)2-4-10-11(9)14-16-12(10)13/h3,5-6H,2,4,13H2,1H3. The number of anilines is 1. The van der Waals surface area contributed by atoms with Crippen LogP contribution in [0, 0.1) is 0 Å². The van der Waals surface area contributed by atoms with Gasteiger partial charge in [-0.05, 0) is 36.6 Å². The molecule has 0 aliphatic heterocycles. The predicted octanol–water partition coefficient (Wildman–Crippen LogP) is 2.03. The number of aryl methyl sites for hydroxylation is 1. The zero-order valence-corrected chi connectivity index (χ0v) is 8.99. The maximum atomic E-state index is 5.72. The average molecular weight is 216 g/mol. The summed E-state index contributed by atoms with van der Waals surface area (Å²) in [4.78, 5) is 0. The minimum Gasteiger partial charge on any atom is -0.497 e. The van der Waals surface area contributed by atoms with Crippen LogP contribution in [0.15, 0.2) is 22.7 Å². The molecule has 4 heteroatoms. The Morgan fingerprint density at radius 1 is 1.38 bits per heavy atom. The molecule has 0 saturated carbocycles. The maximum absolute atomic E-state index is 5.72. The molecule has 0 fully saturated rings. The Hall–Kier alpha value is -1.97. The molecule has 4 nitrogen and oxygen atoms in total. The van der Waals surface area contributed by atoms with E-state index in [1.165, 1.54) is 5.56 Å². The van der Waals surface area contributed by atoms with Crippen LogP contribution in [0.2, 0.25) is 0 Å². The third-order valence-electron chi connectivity index (χ3n) is 3.03. The first-order chi connectivity index (χ1) is 7.79. The molecule has 1 aromatic carbocycles. The van der Waals surface area contributed by atoms with Gasteiger partial charge in [0.05, 0.1) is 7.11 Å². The van der Waals surface area contributed by atoms with Gasteiger partial charge < -0.3 is 15.0 Å². The molecule has 1 heterocycles. The minimum atomic E-state index is 0.441. The van der Waals surface area contributed by atoms with Crippen molar-refractivity contribution in [3.8, 4) is 17.0 Å². The summed E-state index contributed by atoms with van der Waals surface area (Å²) >= 11 is 0. The molecular formula is C12H12N2O2. The molecule has 2 aromatic rings. The smallest absolute Gasteiger partial charge is 0.225 e. The molecule has 2 N–H and O–H groups in total. The van der Waals surface area contributed by atoms with E-state index in [1.54, 1.807) is 7.11 Å². The third-order valence-corrected chi connectivity index (χ3v) is 3.03. The van der Waals surface area contributed by atoms with Crippen LogP contribution in [0.25, 0.3) is 11.3 Å². The predicted molar refractivity (Wildman–Crippen MR) is 60.3 cm³/mol. The summed E-state index contributed by atoms with van der Waals surface area (Å²) in [7, 11) is 1.67. The molecule has 0 radical (unpaired) electrons. The second kappa shape index (κ2) is 3.27. The molecule has 1 aromatic heterocycles. The molecule has 0 atom stereocenters. The minimum absolute atomic E-state index is 0.441. The lowest BCUT2D eigenvalue weighted by molar-refractivity contribution is 0.414. The number of hydrogen-bond donors (Lipinski definition) is 1. The summed E-state index contributed by atoms with van der Waals surface area (Å²) in [6.45, 7) is 0. The Labute approximate surface area is 93.0 Å². The van der Waals surface area contributed by atoms with Gasteiger partial charge in [-0.3, -0.25) is 0 Å². The van der Waals surface area contributed by atoms with Crippen molar-refractivity contribution >= 4 is 5.88 Å². The first-order valence-corrected chi connectivity index (χ1v) is 5.21. The highest BCUT2D eigenvalue weighted by Crippen LogP contribution is 2.36. The third kappa shape index (κ3) is 1.19. The highest BCUT2D eigenvalue weighted by atomic mass is 16.5. The first-order valence-electron chi connectivity index (χ1n) is 5.21. The second-order valence-corrected chi connectivity index (χ2v) is 3.90. The number of nitrogens with zero attached hydrogens (tertiary/aromatic N) is 1. The van der Waals surface area contributed by atoms with E-state index < -0.39 is 0 Å². The number of ether oxygens (including phenoxy) is 1. The van der Waals surface area contributed by atoms with Crippen molar-refractivity contribution in [1.82, 2.24) is 5.16 Å². The number of hydrogen-bond acceptors (Lipinski definition) is 4. The van der Waals surface area contributed by atoms with Crippen molar-refractivity contribution in [2.24, 2.45) is 0 Å². The first kappa shape index (κ1) is 9.27. The molecule has 1 aliphatic rings. The molecular weight excluding hydrogens is 204 g/mol. The fraction of sp³-hybridized carbons (Fsp3) is 0.250. The van der Waals surface area contributed by atoms with E-state index in [1.807, 2.05) is 18.2 Å². The normalized spacial score (nSPS) is 13.1. The molecule has 0 bridgehead atoms. The van der Waals surface area contributed by atoms with Gasteiger partial charge in [0, 0.05) is 11.1 Å². The lowest BCUT2D eigenvalue weighted by atomic mass is 9.90. The number of fused-ring (bicyclic) bond motifs is 3. The Kier molecular flexibility index (Phi) is 1.89. The van der Waals surface area contributed by atoms with E-state index >= 15 is 0 Å². The fourth-order valence-electron chi connectivity index (χ4n) is 2.17. The van der Waals surface area contributed by atoms with Crippen molar-refractivity contribution in [2.45, 2.75) is 12.8 Å². The monoisotopic (exact) mass is 216 g/mol. The zero-order valence-electron chi connectivity index (χ0n) is 8.99. The van der Waals surface area contributed by atoms with Gasteiger partial charge in [-0.2, -0.15) is 0 Å². The average Bonchev–Trinajstić information content (AvgIpc) is 2.70.